The number of benzene rings is 2. The number of nitrogens with zero attached hydrogens (tertiary/aromatic N) is 2. The van der Waals surface area contributed by atoms with Crippen LogP contribution in [0, 0.1) is 0 Å². The van der Waals surface area contributed by atoms with Crippen molar-refractivity contribution < 1.29 is 17.9 Å². The van der Waals surface area contributed by atoms with Gasteiger partial charge in [-0.25, -0.2) is 13.4 Å². The maximum atomic E-state index is 13.0. The summed E-state index contributed by atoms with van der Waals surface area (Å²) >= 11 is 13.4. The minimum absolute atomic E-state index is 0.134. The van der Waals surface area contributed by atoms with Gasteiger partial charge in [0.25, 0.3) is 5.91 Å². The molecule has 2 atom stereocenters. The third kappa shape index (κ3) is 5.40. The van der Waals surface area contributed by atoms with Crippen molar-refractivity contribution in [1.29, 1.82) is 0 Å². The lowest BCUT2D eigenvalue weighted by Gasteiger charge is -2.34. The molecule has 1 amide bonds. The van der Waals surface area contributed by atoms with Crippen LogP contribution in [0.5, 0.6) is 0 Å². The Balaban J connectivity index is 1.46. The number of rotatable bonds is 5. The lowest BCUT2D eigenvalue weighted by atomic mass is 10.2. The fraction of sp³-hybridized carbons (Fsp3) is 0.273. The molecule has 0 saturated carbocycles. The van der Waals surface area contributed by atoms with Crippen LogP contribution in [-0.2, 0) is 14.8 Å². The molecule has 1 aromatic heterocycles. The molecule has 0 spiro atoms. The van der Waals surface area contributed by atoms with Gasteiger partial charge < -0.3 is 4.74 Å². The number of thiazole rings is 1. The molecule has 4 rings (SSSR count). The van der Waals surface area contributed by atoms with E-state index in [0.29, 0.717) is 45.1 Å². The first-order valence-corrected chi connectivity index (χ1v) is 13.2. The Morgan fingerprint density at radius 3 is 2.42 bits per heavy atom. The van der Waals surface area contributed by atoms with Crippen LogP contribution in [0.4, 0.5) is 5.13 Å². The molecule has 0 bridgehead atoms. The molecule has 1 aliphatic rings. The first-order chi connectivity index (χ1) is 15.6. The second-order valence-electron chi connectivity index (χ2n) is 7.72. The van der Waals surface area contributed by atoms with Crippen LogP contribution in [0.3, 0.4) is 0 Å². The Bertz CT molecular complexity index is 1270. The quantitative estimate of drug-likeness (QED) is 0.496. The number of amides is 1. The molecular formula is C22H21Cl2N3O4S2. The van der Waals surface area contributed by atoms with Crippen LogP contribution in [-0.4, -0.2) is 48.9 Å². The predicted octanol–water partition coefficient (Wildman–Crippen LogP) is 5.17. The number of hydrogen-bond acceptors (Lipinski definition) is 6. The number of hydrogen-bond donors (Lipinski definition) is 1. The normalized spacial score (nSPS) is 19.4. The van der Waals surface area contributed by atoms with Crippen LogP contribution < -0.4 is 5.32 Å². The van der Waals surface area contributed by atoms with E-state index in [1.807, 2.05) is 13.8 Å². The van der Waals surface area contributed by atoms with Crippen LogP contribution in [0.2, 0.25) is 10.0 Å². The number of aromatic nitrogens is 1. The van der Waals surface area contributed by atoms with Crippen molar-refractivity contribution in [3.05, 3.63) is 63.5 Å². The highest BCUT2D eigenvalue weighted by molar-refractivity contribution is 7.89. The third-order valence-corrected chi connectivity index (χ3v) is 8.22. The van der Waals surface area contributed by atoms with Crippen molar-refractivity contribution in [2.75, 3.05) is 18.4 Å². The molecular weight excluding hydrogens is 505 g/mol. The summed E-state index contributed by atoms with van der Waals surface area (Å²) in [4.78, 5) is 17.2. The molecule has 7 nitrogen and oxygen atoms in total. The van der Waals surface area contributed by atoms with Gasteiger partial charge in [0.15, 0.2) is 5.13 Å². The van der Waals surface area contributed by atoms with Gasteiger partial charge in [0.2, 0.25) is 10.0 Å². The average Bonchev–Trinajstić information content (AvgIpc) is 3.21. The van der Waals surface area contributed by atoms with Crippen LogP contribution in [0.15, 0.2) is 52.7 Å². The van der Waals surface area contributed by atoms with Gasteiger partial charge >= 0.3 is 0 Å². The van der Waals surface area contributed by atoms with Crippen LogP contribution >= 0.6 is 34.5 Å². The van der Waals surface area contributed by atoms with Crippen molar-refractivity contribution in [2.24, 2.45) is 0 Å². The van der Waals surface area contributed by atoms with E-state index in [9.17, 15) is 13.2 Å². The highest BCUT2D eigenvalue weighted by Gasteiger charge is 2.32. The molecule has 2 heterocycles. The number of sulfonamides is 1. The standard InChI is InChI=1S/C22H21Cl2N3O4S2/c1-13-10-27(11-14(2)31-13)33(29,30)17-6-3-15(4-7-17)21(28)26-22-25-20(12-32-22)18-8-5-16(23)9-19(18)24/h3-9,12-14H,10-11H2,1-2H3,(H,25,26,28). The summed E-state index contributed by atoms with van der Waals surface area (Å²) in [6.45, 7) is 4.27. The molecule has 1 N–H and O–H groups in total. The summed E-state index contributed by atoms with van der Waals surface area (Å²) in [7, 11) is -3.67. The first kappa shape index (κ1) is 24.1. The smallest absolute Gasteiger partial charge is 0.257 e. The molecule has 2 unspecified atom stereocenters. The summed E-state index contributed by atoms with van der Waals surface area (Å²) in [5.41, 5.74) is 1.64. The summed E-state index contributed by atoms with van der Waals surface area (Å²) in [5, 5.41) is 5.90. The molecule has 0 aliphatic carbocycles. The number of morpholine rings is 1. The van der Waals surface area contributed by atoms with E-state index in [1.54, 1.807) is 23.6 Å². The largest absolute Gasteiger partial charge is 0.373 e. The van der Waals surface area contributed by atoms with E-state index in [4.69, 9.17) is 27.9 Å². The Morgan fingerprint density at radius 2 is 1.79 bits per heavy atom. The van der Waals surface area contributed by atoms with E-state index in [-0.39, 0.29) is 17.1 Å². The van der Waals surface area contributed by atoms with Gasteiger partial charge in [-0.2, -0.15) is 4.31 Å². The molecule has 33 heavy (non-hydrogen) atoms. The second-order valence-corrected chi connectivity index (χ2v) is 11.4. The highest BCUT2D eigenvalue weighted by Crippen LogP contribution is 2.32. The van der Waals surface area contributed by atoms with Crippen molar-refractivity contribution in [3.63, 3.8) is 0 Å². The minimum Gasteiger partial charge on any atom is -0.373 e. The van der Waals surface area contributed by atoms with Gasteiger partial charge in [0, 0.05) is 34.6 Å². The Morgan fingerprint density at radius 1 is 1.12 bits per heavy atom. The van der Waals surface area contributed by atoms with E-state index in [0.717, 1.165) is 0 Å². The molecule has 174 valence electrons. The molecule has 3 aromatic rings. The maximum absolute atomic E-state index is 13.0. The van der Waals surface area contributed by atoms with E-state index >= 15 is 0 Å². The fourth-order valence-electron chi connectivity index (χ4n) is 3.58. The maximum Gasteiger partial charge on any atom is 0.257 e. The molecule has 1 aliphatic heterocycles. The van der Waals surface area contributed by atoms with Crippen molar-refractivity contribution >= 4 is 55.6 Å². The van der Waals surface area contributed by atoms with Crippen LogP contribution in [0.1, 0.15) is 24.2 Å². The third-order valence-electron chi connectivity index (χ3n) is 5.07. The number of anilines is 1. The van der Waals surface area contributed by atoms with Gasteiger partial charge in [-0.05, 0) is 56.3 Å². The van der Waals surface area contributed by atoms with Crippen molar-refractivity contribution in [3.8, 4) is 11.3 Å². The average molecular weight is 526 g/mol. The Labute approximate surface area is 206 Å². The van der Waals surface area contributed by atoms with Gasteiger partial charge in [-0.15, -0.1) is 11.3 Å². The van der Waals surface area contributed by atoms with Gasteiger partial charge in [-0.1, -0.05) is 23.2 Å². The summed E-state index contributed by atoms with van der Waals surface area (Å²) in [6.07, 6.45) is -0.362. The minimum atomic E-state index is -3.67. The Hall–Kier alpha value is -2.01. The lowest BCUT2D eigenvalue weighted by Crippen LogP contribution is -2.48. The molecule has 0 radical (unpaired) electrons. The fourth-order valence-corrected chi connectivity index (χ4v) is 6.38. The lowest BCUT2D eigenvalue weighted by molar-refractivity contribution is -0.0440. The van der Waals surface area contributed by atoms with E-state index in [2.05, 4.69) is 10.3 Å². The topological polar surface area (TPSA) is 88.6 Å². The number of ether oxygens (including phenoxy) is 1. The number of nitrogens with one attached hydrogen (secondary N) is 1. The van der Waals surface area contributed by atoms with Gasteiger partial charge in [0.05, 0.1) is 27.8 Å². The zero-order valence-electron chi connectivity index (χ0n) is 17.8. The Kier molecular flexibility index (Phi) is 7.09. The van der Waals surface area contributed by atoms with Gasteiger partial charge in [0.1, 0.15) is 0 Å². The predicted molar refractivity (Wildman–Crippen MR) is 131 cm³/mol. The molecule has 11 heteroatoms. The number of carbonyl (C=O) groups is 1. The summed E-state index contributed by atoms with van der Waals surface area (Å²) in [5.74, 6) is -0.393. The van der Waals surface area contributed by atoms with Crippen molar-refractivity contribution in [1.82, 2.24) is 9.29 Å². The van der Waals surface area contributed by atoms with E-state index < -0.39 is 15.9 Å². The monoisotopic (exact) mass is 525 g/mol. The summed E-state index contributed by atoms with van der Waals surface area (Å²) < 4.78 is 33.0. The zero-order valence-corrected chi connectivity index (χ0v) is 20.9. The van der Waals surface area contributed by atoms with Gasteiger partial charge in [-0.3, -0.25) is 10.1 Å². The second kappa shape index (κ2) is 9.69. The number of carbonyl (C=O) groups excluding carboxylic acids is 1. The first-order valence-electron chi connectivity index (χ1n) is 10.1. The summed E-state index contributed by atoms with van der Waals surface area (Å²) in [6, 6.07) is 11.0. The molecule has 1 fully saturated rings. The number of halogens is 2. The SMILES string of the molecule is CC1CN(S(=O)(=O)c2ccc(C(=O)Nc3nc(-c4ccc(Cl)cc4Cl)cs3)cc2)CC(C)O1. The van der Waals surface area contributed by atoms with Crippen molar-refractivity contribution in [2.45, 2.75) is 31.0 Å². The molecule has 2 aromatic carbocycles. The van der Waals surface area contributed by atoms with E-state index in [1.165, 1.54) is 39.9 Å². The van der Waals surface area contributed by atoms with Crippen LogP contribution in [0.25, 0.3) is 11.3 Å². The zero-order chi connectivity index (χ0) is 23.8. The molecule has 1 saturated heterocycles. The highest BCUT2D eigenvalue weighted by atomic mass is 35.5.